The van der Waals surface area contributed by atoms with Gasteiger partial charge in [-0.2, -0.15) is 5.26 Å². The smallest absolute Gasteiger partial charge is 0.332 e. The summed E-state index contributed by atoms with van der Waals surface area (Å²) in [5, 5.41) is 12.9. The summed E-state index contributed by atoms with van der Waals surface area (Å²) in [4.78, 5) is 32.5. The van der Waals surface area contributed by atoms with Crippen molar-refractivity contribution >= 4 is 34.3 Å². The molecule has 10 heteroatoms. The van der Waals surface area contributed by atoms with Crippen molar-refractivity contribution in [1.82, 2.24) is 9.88 Å². The number of ether oxygens (including phenoxy) is 2. The second-order valence-electron chi connectivity index (χ2n) is 8.82. The maximum absolute atomic E-state index is 15.2. The molecule has 1 aliphatic rings. The lowest BCUT2D eigenvalue weighted by molar-refractivity contribution is 0.209. The number of benzene rings is 3. The molecule has 4 aromatic rings. The fourth-order valence-electron chi connectivity index (χ4n) is 4.58. The predicted octanol–water partition coefficient (Wildman–Crippen LogP) is 5.33. The maximum atomic E-state index is 15.2. The van der Waals surface area contributed by atoms with Crippen molar-refractivity contribution in [2.24, 2.45) is 0 Å². The first-order chi connectivity index (χ1) is 18.9. The number of anilines is 2. The summed E-state index contributed by atoms with van der Waals surface area (Å²) in [6, 6.07) is 17.8. The summed E-state index contributed by atoms with van der Waals surface area (Å²) in [7, 11) is 3.02. The fourth-order valence-corrected chi connectivity index (χ4v) is 4.58. The number of rotatable bonds is 6. The zero-order valence-corrected chi connectivity index (χ0v) is 21.3. The molecule has 0 spiro atoms. The van der Waals surface area contributed by atoms with Crippen molar-refractivity contribution in [2.45, 2.75) is 6.42 Å². The Balaban J connectivity index is 1.36. The minimum atomic E-state index is -0.640. The number of nitrogens with one attached hydrogen (secondary N) is 1. The number of pyridine rings is 1. The van der Waals surface area contributed by atoms with Crippen LogP contribution in [0.2, 0.25) is 0 Å². The van der Waals surface area contributed by atoms with Gasteiger partial charge in [0.05, 0.1) is 31.8 Å². The molecule has 1 aliphatic heterocycles. The molecule has 4 amide bonds. The van der Waals surface area contributed by atoms with Crippen molar-refractivity contribution < 1.29 is 23.5 Å². The second-order valence-corrected chi connectivity index (χ2v) is 8.82. The van der Waals surface area contributed by atoms with E-state index in [0.717, 1.165) is 4.90 Å². The Labute approximate surface area is 224 Å². The molecule has 3 aromatic carbocycles. The highest BCUT2D eigenvalue weighted by Crippen LogP contribution is 2.35. The number of carbonyl (C=O) groups excluding carboxylic acids is 2. The van der Waals surface area contributed by atoms with Crippen LogP contribution in [0.1, 0.15) is 16.7 Å². The lowest BCUT2D eigenvalue weighted by Gasteiger charge is -2.18. The third kappa shape index (κ3) is 4.90. The molecular formula is C29H24FN5O4. The van der Waals surface area contributed by atoms with E-state index < -0.39 is 17.9 Å². The van der Waals surface area contributed by atoms with E-state index in [4.69, 9.17) is 9.47 Å². The normalized spacial score (nSPS) is 12.9. The van der Waals surface area contributed by atoms with E-state index in [9.17, 15) is 14.9 Å². The number of nitriles is 1. The van der Waals surface area contributed by atoms with Crippen LogP contribution in [0.15, 0.2) is 66.9 Å². The van der Waals surface area contributed by atoms with Gasteiger partial charge < -0.3 is 14.8 Å². The van der Waals surface area contributed by atoms with Crippen molar-refractivity contribution in [3.8, 4) is 17.6 Å². The predicted molar refractivity (Wildman–Crippen MR) is 144 cm³/mol. The number of fused-ring (bicyclic) bond motifs is 1. The molecular weight excluding hydrogens is 501 g/mol. The van der Waals surface area contributed by atoms with Crippen LogP contribution >= 0.6 is 0 Å². The number of carbonyl (C=O) groups is 2. The molecule has 2 heterocycles. The van der Waals surface area contributed by atoms with Gasteiger partial charge in [0.1, 0.15) is 11.9 Å². The summed E-state index contributed by atoms with van der Waals surface area (Å²) in [6.45, 7) is 0.571. The Kier molecular flexibility index (Phi) is 6.97. The van der Waals surface area contributed by atoms with Crippen LogP contribution in [0.4, 0.5) is 25.4 Å². The molecule has 1 saturated heterocycles. The molecule has 1 fully saturated rings. The van der Waals surface area contributed by atoms with Crippen molar-refractivity contribution in [1.29, 1.82) is 5.26 Å². The number of urea groups is 2. The van der Waals surface area contributed by atoms with E-state index in [2.05, 4.69) is 16.4 Å². The molecule has 0 atom stereocenters. The first-order valence-corrected chi connectivity index (χ1v) is 12.1. The highest BCUT2D eigenvalue weighted by atomic mass is 19.1. The lowest BCUT2D eigenvalue weighted by atomic mass is 9.96. The minimum Gasteiger partial charge on any atom is -0.493 e. The Bertz CT molecular complexity index is 1620. The first kappa shape index (κ1) is 25.5. The van der Waals surface area contributed by atoms with Crippen LogP contribution in [-0.4, -0.2) is 49.3 Å². The van der Waals surface area contributed by atoms with Gasteiger partial charge in [-0.3, -0.25) is 9.88 Å². The van der Waals surface area contributed by atoms with E-state index in [0.29, 0.717) is 51.3 Å². The molecule has 9 nitrogen and oxygen atoms in total. The van der Waals surface area contributed by atoms with Gasteiger partial charge in [0.25, 0.3) is 0 Å². The summed E-state index contributed by atoms with van der Waals surface area (Å²) in [5.74, 6) is 0.382. The number of halogens is 1. The van der Waals surface area contributed by atoms with Crippen LogP contribution in [0.5, 0.6) is 11.5 Å². The average Bonchev–Trinajstić information content (AvgIpc) is 3.35. The number of amides is 4. The largest absolute Gasteiger partial charge is 0.493 e. The van der Waals surface area contributed by atoms with Crippen LogP contribution in [0.25, 0.3) is 10.9 Å². The summed E-state index contributed by atoms with van der Waals surface area (Å²) < 4.78 is 26.0. The number of imide groups is 1. The molecule has 0 aliphatic carbocycles. The number of nitrogens with zero attached hydrogens (tertiary/aromatic N) is 4. The maximum Gasteiger partial charge on any atom is 0.332 e. The van der Waals surface area contributed by atoms with Crippen LogP contribution in [0.3, 0.4) is 0 Å². The Morgan fingerprint density at radius 2 is 1.82 bits per heavy atom. The average molecular weight is 526 g/mol. The number of aromatic nitrogens is 1. The minimum absolute atomic E-state index is 0.105. The van der Waals surface area contributed by atoms with Crippen molar-refractivity contribution in [2.75, 3.05) is 37.5 Å². The molecule has 1 N–H and O–H groups in total. The number of methoxy groups -OCH3 is 2. The Morgan fingerprint density at radius 1 is 1.08 bits per heavy atom. The number of hydrogen-bond acceptors (Lipinski definition) is 6. The van der Waals surface area contributed by atoms with E-state index >= 15 is 4.39 Å². The molecule has 196 valence electrons. The standard InChI is InChI=1S/C29H24FN5O4/c1-38-26-14-23-22(19(16-31)17-32-25(23)15-27(26)39-2)12-18-8-9-20(13-24(18)30)33-28(36)35-11-10-34(29(35)37)21-6-4-3-5-7-21/h3-9,13-15,17H,10-12H2,1-2H3,(H,33,36). The highest BCUT2D eigenvalue weighted by Gasteiger charge is 2.34. The molecule has 39 heavy (non-hydrogen) atoms. The first-order valence-electron chi connectivity index (χ1n) is 12.1. The zero-order valence-electron chi connectivity index (χ0n) is 21.3. The molecule has 0 saturated carbocycles. The monoisotopic (exact) mass is 525 g/mol. The lowest BCUT2D eigenvalue weighted by Crippen LogP contribution is -2.39. The van der Waals surface area contributed by atoms with Crippen LogP contribution in [-0.2, 0) is 6.42 Å². The third-order valence-electron chi connectivity index (χ3n) is 6.60. The summed E-state index contributed by atoms with van der Waals surface area (Å²) in [5.41, 5.74) is 2.69. The molecule has 0 bridgehead atoms. The van der Waals surface area contributed by atoms with Crippen LogP contribution in [0, 0.1) is 17.1 Å². The molecule has 0 radical (unpaired) electrons. The van der Waals surface area contributed by atoms with Gasteiger partial charge in [0, 0.05) is 42.0 Å². The van der Waals surface area contributed by atoms with Crippen molar-refractivity contribution in [3.63, 3.8) is 0 Å². The van der Waals surface area contributed by atoms with E-state index in [1.807, 2.05) is 18.2 Å². The summed E-state index contributed by atoms with van der Waals surface area (Å²) >= 11 is 0. The topological polar surface area (TPSA) is 108 Å². The van der Waals surface area contributed by atoms with Gasteiger partial charge >= 0.3 is 12.1 Å². The SMILES string of the molecule is COc1cc2ncc(C#N)c(Cc3ccc(NC(=O)N4CCN(c5ccccc5)C4=O)cc3F)c2cc1OC. The van der Waals surface area contributed by atoms with Crippen molar-refractivity contribution in [3.05, 3.63) is 89.4 Å². The number of para-hydroxylation sites is 1. The van der Waals surface area contributed by atoms with Crippen LogP contribution < -0.4 is 19.7 Å². The molecule has 0 unspecified atom stereocenters. The van der Waals surface area contributed by atoms with Gasteiger partial charge in [-0.1, -0.05) is 24.3 Å². The van der Waals surface area contributed by atoms with Gasteiger partial charge in [-0.15, -0.1) is 0 Å². The third-order valence-corrected chi connectivity index (χ3v) is 6.60. The van der Waals surface area contributed by atoms with Gasteiger partial charge in [-0.25, -0.2) is 18.9 Å². The van der Waals surface area contributed by atoms with Gasteiger partial charge in [0.15, 0.2) is 11.5 Å². The quantitative estimate of drug-likeness (QED) is 0.365. The van der Waals surface area contributed by atoms with E-state index in [-0.39, 0.29) is 18.7 Å². The fraction of sp³-hybridized carbons (Fsp3) is 0.172. The van der Waals surface area contributed by atoms with E-state index in [1.54, 1.807) is 36.4 Å². The Morgan fingerprint density at radius 3 is 2.51 bits per heavy atom. The van der Waals surface area contributed by atoms with E-state index in [1.165, 1.54) is 31.4 Å². The highest BCUT2D eigenvalue weighted by molar-refractivity contribution is 6.08. The Hall–Kier alpha value is -5.17. The number of hydrogen-bond donors (Lipinski definition) is 1. The second kappa shape index (κ2) is 10.7. The molecule has 5 rings (SSSR count). The van der Waals surface area contributed by atoms with Gasteiger partial charge in [0.2, 0.25) is 0 Å². The zero-order chi connectivity index (χ0) is 27.5. The summed E-state index contributed by atoms with van der Waals surface area (Å²) in [6.07, 6.45) is 1.55. The molecule has 1 aromatic heterocycles. The van der Waals surface area contributed by atoms with Gasteiger partial charge in [-0.05, 0) is 41.5 Å².